The molecule has 0 aliphatic heterocycles. The summed E-state index contributed by atoms with van der Waals surface area (Å²) in [5, 5.41) is 4.68. The molecule has 0 aliphatic rings. The molecule has 0 fully saturated rings. The third-order valence-electron chi connectivity index (χ3n) is 4.71. The summed E-state index contributed by atoms with van der Waals surface area (Å²) in [7, 11) is 3.80. The van der Waals surface area contributed by atoms with E-state index in [1.807, 2.05) is 41.3 Å². The topological polar surface area (TPSA) is 45.7 Å². The van der Waals surface area contributed by atoms with Crippen molar-refractivity contribution in [3.8, 4) is 17.2 Å². The lowest BCUT2D eigenvalue weighted by molar-refractivity contribution is -0.917. The first kappa shape index (κ1) is 21.1. The number of benzene rings is 2. The summed E-state index contributed by atoms with van der Waals surface area (Å²) in [4.78, 5) is 1.27. The van der Waals surface area contributed by atoms with E-state index in [0.717, 1.165) is 29.6 Å². The van der Waals surface area contributed by atoms with Crippen LogP contribution in [0.4, 0.5) is 0 Å². The highest BCUT2D eigenvalue weighted by Crippen LogP contribution is 2.27. The van der Waals surface area contributed by atoms with Crippen LogP contribution in [0.2, 0.25) is 0 Å². The monoisotopic (exact) mass is 413 g/mol. The van der Waals surface area contributed by atoms with Gasteiger partial charge in [0.25, 0.3) is 0 Å². The molecule has 0 saturated carbocycles. The Labute approximate surface area is 177 Å². The van der Waals surface area contributed by atoms with Gasteiger partial charge in [0.2, 0.25) is 4.77 Å². The lowest BCUT2D eigenvalue weighted by Gasteiger charge is -2.15. The molecular formula is C22H29N4O2S+. The van der Waals surface area contributed by atoms with Crippen LogP contribution in [0.5, 0.6) is 11.5 Å². The van der Waals surface area contributed by atoms with E-state index in [2.05, 4.69) is 43.3 Å². The number of hydrogen-bond acceptors (Lipinski definition) is 4. The molecule has 154 valence electrons. The fourth-order valence-electron chi connectivity index (χ4n) is 3.44. The molecule has 1 unspecified atom stereocenters. The lowest BCUT2D eigenvalue weighted by atomic mass is 10.2. The van der Waals surface area contributed by atoms with Crippen molar-refractivity contribution in [1.29, 1.82) is 0 Å². The van der Waals surface area contributed by atoms with Gasteiger partial charge in [-0.15, -0.1) is 0 Å². The van der Waals surface area contributed by atoms with Gasteiger partial charge in [0, 0.05) is 11.3 Å². The molecule has 0 spiro atoms. The van der Waals surface area contributed by atoms with E-state index < -0.39 is 0 Å². The van der Waals surface area contributed by atoms with Crippen molar-refractivity contribution in [2.75, 3.05) is 20.8 Å². The first-order valence-corrected chi connectivity index (χ1v) is 10.2. The molecule has 1 aromatic heterocycles. The Morgan fingerprint density at radius 3 is 2.59 bits per heavy atom. The van der Waals surface area contributed by atoms with Gasteiger partial charge in [0.1, 0.15) is 12.4 Å². The highest BCUT2D eigenvalue weighted by molar-refractivity contribution is 7.71. The summed E-state index contributed by atoms with van der Waals surface area (Å²) in [6, 6.07) is 14.4. The van der Waals surface area contributed by atoms with Crippen molar-refractivity contribution in [2.45, 2.75) is 34.0 Å². The van der Waals surface area contributed by atoms with Gasteiger partial charge in [-0.3, -0.25) is 4.57 Å². The second kappa shape index (κ2) is 9.24. The van der Waals surface area contributed by atoms with Gasteiger partial charge in [-0.25, -0.2) is 0 Å². The summed E-state index contributed by atoms with van der Waals surface area (Å²) in [5.74, 6) is 2.41. The fourth-order valence-corrected chi connectivity index (χ4v) is 3.78. The summed E-state index contributed by atoms with van der Waals surface area (Å²) >= 11 is 5.72. The van der Waals surface area contributed by atoms with E-state index in [4.69, 9.17) is 21.7 Å². The second-order valence-electron chi connectivity index (χ2n) is 7.21. The van der Waals surface area contributed by atoms with E-state index in [-0.39, 0.29) is 0 Å². The normalized spacial score (nSPS) is 12.0. The first-order valence-electron chi connectivity index (χ1n) is 9.77. The summed E-state index contributed by atoms with van der Waals surface area (Å²) in [6.07, 6.45) is 0. The van der Waals surface area contributed by atoms with E-state index in [1.54, 1.807) is 7.11 Å². The Balaban J connectivity index is 1.77. The first-order chi connectivity index (χ1) is 13.9. The Bertz CT molecular complexity index is 1040. The molecule has 0 saturated heterocycles. The molecular weight excluding hydrogens is 384 g/mol. The second-order valence-corrected chi connectivity index (χ2v) is 7.58. The van der Waals surface area contributed by atoms with Gasteiger partial charge in [-0.1, -0.05) is 12.1 Å². The maximum Gasteiger partial charge on any atom is 0.207 e. The number of aryl methyl sites for hydroxylation is 2. The van der Waals surface area contributed by atoms with Gasteiger partial charge in [-0.05, 0) is 68.9 Å². The average Bonchev–Trinajstić information content (AvgIpc) is 2.96. The lowest BCUT2D eigenvalue weighted by Crippen LogP contribution is -3.07. The SMILES string of the molecule is CCOc1ccc(C[NH+](C)Cn2nc(C)n(-c3cccc(C)c3)c2=S)cc1OC. The molecule has 1 N–H and O–H groups in total. The number of methoxy groups -OCH3 is 1. The van der Waals surface area contributed by atoms with Crippen LogP contribution in [-0.2, 0) is 13.2 Å². The molecule has 1 atom stereocenters. The van der Waals surface area contributed by atoms with Crippen LogP contribution in [0.3, 0.4) is 0 Å². The third kappa shape index (κ3) is 4.86. The average molecular weight is 414 g/mol. The maximum absolute atomic E-state index is 5.72. The highest BCUT2D eigenvalue weighted by atomic mass is 32.1. The number of rotatable bonds is 8. The van der Waals surface area contributed by atoms with Crippen molar-refractivity contribution in [3.63, 3.8) is 0 Å². The number of nitrogens with one attached hydrogen (secondary N) is 1. The van der Waals surface area contributed by atoms with Gasteiger partial charge in [-0.2, -0.15) is 9.78 Å². The standard InChI is InChI=1S/C22H28N4O2S/c1-6-28-20-11-10-18(13-21(20)27-5)14-24(4)15-25-22(29)26(17(3)23-25)19-9-7-8-16(2)12-19/h7-13H,6,14-15H2,1-5H3/p+1. The molecule has 7 heteroatoms. The molecule has 2 aromatic carbocycles. The molecule has 6 nitrogen and oxygen atoms in total. The molecule has 0 radical (unpaired) electrons. The fraction of sp³-hybridized carbons (Fsp3) is 0.364. The molecule has 1 heterocycles. The van der Waals surface area contributed by atoms with Crippen molar-refractivity contribution >= 4 is 12.2 Å². The predicted octanol–water partition coefficient (Wildman–Crippen LogP) is 3.10. The summed E-state index contributed by atoms with van der Waals surface area (Å²) < 4.78 is 15.7. The van der Waals surface area contributed by atoms with Crippen molar-refractivity contribution < 1.29 is 14.4 Å². The zero-order valence-electron chi connectivity index (χ0n) is 17.7. The van der Waals surface area contributed by atoms with Crippen molar-refractivity contribution in [1.82, 2.24) is 14.3 Å². The largest absolute Gasteiger partial charge is 0.493 e. The van der Waals surface area contributed by atoms with Crippen LogP contribution in [0.1, 0.15) is 23.9 Å². The van der Waals surface area contributed by atoms with Gasteiger partial charge >= 0.3 is 0 Å². The van der Waals surface area contributed by atoms with Crippen LogP contribution < -0.4 is 14.4 Å². The Kier molecular flexibility index (Phi) is 6.71. The van der Waals surface area contributed by atoms with E-state index >= 15 is 0 Å². The number of ether oxygens (including phenoxy) is 2. The molecule has 0 bridgehead atoms. The minimum Gasteiger partial charge on any atom is -0.493 e. The number of hydrogen-bond donors (Lipinski definition) is 1. The van der Waals surface area contributed by atoms with E-state index in [9.17, 15) is 0 Å². The number of quaternary nitrogens is 1. The van der Waals surface area contributed by atoms with E-state index in [1.165, 1.54) is 16.0 Å². The molecule has 0 aliphatic carbocycles. The number of aromatic nitrogens is 3. The van der Waals surface area contributed by atoms with Crippen LogP contribution in [-0.4, -0.2) is 35.1 Å². The Morgan fingerprint density at radius 1 is 1.10 bits per heavy atom. The zero-order valence-corrected chi connectivity index (χ0v) is 18.5. The van der Waals surface area contributed by atoms with Crippen molar-refractivity contribution in [3.05, 3.63) is 64.2 Å². The van der Waals surface area contributed by atoms with Crippen LogP contribution in [0, 0.1) is 18.6 Å². The minimum absolute atomic E-state index is 0.613. The zero-order chi connectivity index (χ0) is 21.0. The maximum atomic E-state index is 5.72. The minimum atomic E-state index is 0.613. The highest BCUT2D eigenvalue weighted by Gasteiger charge is 2.14. The van der Waals surface area contributed by atoms with Gasteiger partial charge < -0.3 is 14.4 Å². The van der Waals surface area contributed by atoms with Gasteiger partial charge in [0.15, 0.2) is 18.2 Å². The third-order valence-corrected chi connectivity index (χ3v) is 5.11. The molecule has 29 heavy (non-hydrogen) atoms. The van der Waals surface area contributed by atoms with Crippen LogP contribution in [0.25, 0.3) is 5.69 Å². The van der Waals surface area contributed by atoms with Crippen molar-refractivity contribution in [2.24, 2.45) is 0 Å². The van der Waals surface area contributed by atoms with E-state index in [0.29, 0.717) is 18.0 Å². The smallest absolute Gasteiger partial charge is 0.207 e. The number of nitrogens with zero attached hydrogens (tertiary/aromatic N) is 3. The van der Waals surface area contributed by atoms with Gasteiger partial charge in [0.05, 0.1) is 20.8 Å². The molecule has 0 amide bonds. The Morgan fingerprint density at radius 2 is 1.90 bits per heavy atom. The Hall–Kier alpha value is -2.64. The molecule has 3 rings (SSSR count). The summed E-state index contributed by atoms with van der Waals surface area (Å²) in [6.45, 7) is 8.14. The quantitative estimate of drug-likeness (QED) is 0.577. The van der Waals surface area contributed by atoms with Crippen LogP contribution in [0.15, 0.2) is 42.5 Å². The summed E-state index contributed by atoms with van der Waals surface area (Å²) in [5.41, 5.74) is 3.42. The van der Waals surface area contributed by atoms with Crippen LogP contribution >= 0.6 is 12.2 Å². The predicted molar refractivity (Wildman–Crippen MR) is 117 cm³/mol. The molecule has 3 aromatic rings.